The summed E-state index contributed by atoms with van der Waals surface area (Å²) in [7, 11) is 0. The van der Waals surface area contributed by atoms with Gasteiger partial charge in [0.25, 0.3) is 5.91 Å². The van der Waals surface area contributed by atoms with Crippen LogP contribution in [0.25, 0.3) is 0 Å². The number of aryl methyl sites for hydroxylation is 1. The van der Waals surface area contributed by atoms with E-state index in [0.717, 1.165) is 11.1 Å². The van der Waals surface area contributed by atoms with Crippen LogP contribution in [0, 0.1) is 6.92 Å². The number of rotatable bonds is 7. The Hall–Kier alpha value is -2.82. The average Bonchev–Trinajstić information content (AvgIpc) is 2.59. The van der Waals surface area contributed by atoms with Gasteiger partial charge in [-0.05, 0) is 37.1 Å². The van der Waals surface area contributed by atoms with E-state index in [9.17, 15) is 9.59 Å². The van der Waals surface area contributed by atoms with Gasteiger partial charge >= 0.3 is 0 Å². The van der Waals surface area contributed by atoms with Gasteiger partial charge in [-0.1, -0.05) is 42.5 Å². The molecule has 0 radical (unpaired) electrons. The first-order valence-electron chi connectivity index (χ1n) is 7.85. The van der Waals surface area contributed by atoms with Crippen LogP contribution in [0.4, 0.5) is 0 Å². The molecule has 2 aromatic rings. The van der Waals surface area contributed by atoms with Crippen LogP contribution in [0.15, 0.2) is 54.6 Å². The van der Waals surface area contributed by atoms with Crippen LogP contribution >= 0.6 is 0 Å². The molecule has 0 aromatic heterocycles. The molecule has 0 saturated heterocycles. The number of benzene rings is 2. The zero-order valence-corrected chi connectivity index (χ0v) is 13.9. The Labute approximate surface area is 142 Å². The van der Waals surface area contributed by atoms with E-state index in [1.54, 1.807) is 12.1 Å². The molecule has 126 valence electrons. The molecule has 0 saturated carbocycles. The smallest absolute Gasteiger partial charge is 0.258 e. The maximum Gasteiger partial charge on any atom is 0.258 e. The number of ether oxygens (including phenoxy) is 1. The number of para-hydroxylation sites is 1. The Morgan fingerprint density at radius 3 is 2.38 bits per heavy atom. The van der Waals surface area contributed by atoms with Gasteiger partial charge in [0.15, 0.2) is 6.61 Å². The Balaban J connectivity index is 1.72. The normalized spacial score (nSPS) is 11.4. The molecule has 5 nitrogen and oxygen atoms in total. The molecule has 2 rings (SSSR count). The van der Waals surface area contributed by atoms with E-state index in [2.05, 4.69) is 10.6 Å². The van der Waals surface area contributed by atoms with Crippen molar-refractivity contribution in [3.8, 4) is 5.75 Å². The first-order chi connectivity index (χ1) is 11.6. The van der Waals surface area contributed by atoms with Crippen molar-refractivity contribution < 1.29 is 14.3 Å². The van der Waals surface area contributed by atoms with Crippen LogP contribution < -0.4 is 15.4 Å². The maximum absolute atomic E-state index is 12.0. The molecular formula is C19H22N2O3. The van der Waals surface area contributed by atoms with Gasteiger partial charge in [0.1, 0.15) is 5.75 Å². The lowest BCUT2D eigenvalue weighted by atomic mass is 10.0. The summed E-state index contributed by atoms with van der Waals surface area (Å²) in [4.78, 5) is 23.7. The van der Waals surface area contributed by atoms with Gasteiger partial charge in [0.2, 0.25) is 5.91 Å². The van der Waals surface area contributed by atoms with Gasteiger partial charge in [0, 0.05) is 0 Å². The van der Waals surface area contributed by atoms with Gasteiger partial charge in [0.05, 0.1) is 12.6 Å². The summed E-state index contributed by atoms with van der Waals surface area (Å²) in [6.07, 6.45) is 0. The SMILES string of the molecule is Cc1ccccc1C(C)NC(=O)CNC(=O)COc1ccccc1. The lowest BCUT2D eigenvalue weighted by Crippen LogP contribution is -2.39. The largest absolute Gasteiger partial charge is 0.484 e. The highest BCUT2D eigenvalue weighted by Gasteiger charge is 2.12. The van der Waals surface area contributed by atoms with Crippen LogP contribution in [-0.4, -0.2) is 25.0 Å². The number of hydrogen-bond acceptors (Lipinski definition) is 3. The van der Waals surface area contributed by atoms with Crippen molar-refractivity contribution in [1.82, 2.24) is 10.6 Å². The van der Waals surface area contributed by atoms with Crippen molar-refractivity contribution in [3.63, 3.8) is 0 Å². The molecule has 0 heterocycles. The Kier molecular flexibility index (Phi) is 6.37. The van der Waals surface area contributed by atoms with Gasteiger partial charge in [-0.25, -0.2) is 0 Å². The summed E-state index contributed by atoms with van der Waals surface area (Å²) < 4.78 is 5.32. The minimum absolute atomic E-state index is 0.0762. The predicted octanol–water partition coefficient (Wildman–Crippen LogP) is 2.37. The lowest BCUT2D eigenvalue weighted by Gasteiger charge is -2.16. The first-order valence-corrected chi connectivity index (χ1v) is 7.85. The van der Waals surface area contributed by atoms with E-state index in [1.807, 2.05) is 56.3 Å². The summed E-state index contributed by atoms with van der Waals surface area (Å²) >= 11 is 0. The van der Waals surface area contributed by atoms with Gasteiger partial charge in [-0.15, -0.1) is 0 Å². The fraction of sp³-hybridized carbons (Fsp3) is 0.263. The van der Waals surface area contributed by atoms with E-state index in [4.69, 9.17) is 4.74 Å². The molecule has 24 heavy (non-hydrogen) atoms. The van der Waals surface area contributed by atoms with Crippen molar-refractivity contribution in [2.24, 2.45) is 0 Å². The fourth-order valence-electron chi connectivity index (χ4n) is 2.34. The van der Waals surface area contributed by atoms with Crippen LogP contribution in [-0.2, 0) is 9.59 Å². The summed E-state index contributed by atoms with van der Waals surface area (Å²) in [6.45, 7) is 3.72. The zero-order valence-electron chi connectivity index (χ0n) is 13.9. The van der Waals surface area contributed by atoms with Crippen LogP contribution in [0.2, 0.25) is 0 Å². The molecule has 1 atom stereocenters. The lowest BCUT2D eigenvalue weighted by molar-refractivity contribution is -0.127. The van der Waals surface area contributed by atoms with Crippen LogP contribution in [0.5, 0.6) is 5.75 Å². The molecule has 2 aromatic carbocycles. The highest BCUT2D eigenvalue weighted by atomic mass is 16.5. The molecule has 5 heteroatoms. The molecular weight excluding hydrogens is 304 g/mol. The van der Waals surface area contributed by atoms with Crippen LogP contribution in [0.3, 0.4) is 0 Å². The van der Waals surface area contributed by atoms with E-state index < -0.39 is 0 Å². The highest BCUT2D eigenvalue weighted by molar-refractivity contribution is 5.85. The standard InChI is InChI=1S/C19H22N2O3/c1-14-8-6-7-11-17(14)15(2)21-18(22)12-20-19(23)13-24-16-9-4-3-5-10-16/h3-11,15H,12-13H2,1-2H3,(H,20,23)(H,21,22). The minimum atomic E-state index is -0.336. The molecule has 0 aliphatic carbocycles. The Morgan fingerprint density at radius 1 is 1.00 bits per heavy atom. The summed E-state index contributed by atoms with van der Waals surface area (Å²) in [5.41, 5.74) is 2.18. The van der Waals surface area contributed by atoms with Crippen LogP contribution in [0.1, 0.15) is 24.1 Å². The predicted molar refractivity (Wildman–Crippen MR) is 92.7 cm³/mol. The van der Waals surface area contributed by atoms with Crippen molar-refractivity contribution in [3.05, 3.63) is 65.7 Å². The molecule has 1 unspecified atom stereocenters. The van der Waals surface area contributed by atoms with Crippen molar-refractivity contribution >= 4 is 11.8 Å². The van der Waals surface area contributed by atoms with E-state index in [0.29, 0.717) is 5.75 Å². The topological polar surface area (TPSA) is 67.4 Å². The van der Waals surface area contributed by atoms with E-state index in [-0.39, 0.29) is 31.0 Å². The van der Waals surface area contributed by atoms with Crippen molar-refractivity contribution in [2.45, 2.75) is 19.9 Å². The Bertz CT molecular complexity index is 686. The number of carbonyl (C=O) groups is 2. The van der Waals surface area contributed by atoms with Crippen molar-refractivity contribution in [2.75, 3.05) is 13.2 Å². The first kappa shape index (κ1) is 17.5. The third kappa shape index (κ3) is 5.43. The molecule has 0 fully saturated rings. The number of nitrogens with one attached hydrogen (secondary N) is 2. The highest BCUT2D eigenvalue weighted by Crippen LogP contribution is 2.16. The summed E-state index contributed by atoms with van der Waals surface area (Å²) in [6, 6.07) is 16.8. The quantitative estimate of drug-likeness (QED) is 0.821. The maximum atomic E-state index is 12.0. The molecule has 0 aliphatic rings. The van der Waals surface area contributed by atoms with E-state index >= 15 is 0 Å². The number of amides is 2. The van der Waals surface area contributed by atoms with Crippen molar-refractivity contribution in [1.29, 1.82) is 0 Å². The minimum Gasteiger partial charge on any atom is -0.484 e. The van der Waals surface area contributed by atoms with Gasteiger partial charge < -0.3 is 15.4 Å². The third-order valence-corrected chi connectivity index (χ3v) is 3.59. The molecule has 0 bridgehead atoms. The second kappa shape index (κ2) is 8.72. The second-order valence-electron chi connectivity index (χ2n) is 5.52. The van der Waals surface area contributed by atoms with Gasteiger partial charge in [-0.3, -0.25) is 9.59 Å². The molecule has 0 aliphatic heterocycles. The summed E-state index contributed by atoms with van der Waals surface area (Å²) in [5, 5.41) is 5.42. The fourth-order valence-corrected chi connectivity index (χ4v) is 2.34. The monoisotopic (exact) mass is 326 g/mol. The number of carbonyl (C=O) groups excluding carboxylic acids is 2. The number of hydrogen-bond donors (Lipinski definition) is 2. The summed E-state index contributed by atoms with van der Waals surface area (Å²) in [5.74, 6) is 0.0432. The molecule has 2 amide bonds. The van der Waals surface area contributed by atoms with E-state index in [1.165, 1.54) is 0 Å². The second-order valence-corrected chi connectivity index (χ2v) is 5.52. The average molecular weight is 326 g/mol. The van der Waals surface area contributed by atoms with Gasteiger partial charge in [-0.2, -0.15) is 0 Å². The molecule has 0 spiro atoms. The zero-order chi connectivity index (χ0) is 17.4. The third-order valence-electron chi connectivity index (χ3n) is 3.59. The Morgan fingerprint density at radius 2 is 1.67 bits per heavy atom. The molecule has 2 N–H and O–H groups in total.